The van der Waals surface area contributed by atoms with Crippen LogP contribution in [0.3, 0.4) is 0 Å². The molecule has 0 saturated carbocycles. The molecule has 0 fully saturated rings. The molecule has 2 rings (SSSR count). The fourth-order valence-electron chi connectivity index (χ4n) is 1.94. The van der Waals surface area contributed by atoms with E-state index in [4.69, 9.17) is 10.8 Å². The lowest BCUT2D eigenvalue weighted by atomic mass is 10.1. The maximum absolute atomic E-state index is 13.5. The summed E-state index contributed by atoms with van der Waals surface area (Å²) < 4.78 is 26.3. The Morgan fingerprint density at radius 3 is 2.35 bits per heavy atom. The maximum Gasteiger partial charge on any atom is 0.320 e. The van der Waals surface area contributed by atoms with Gasteiger partial charge < -0.3 is 16.2 Å². The van der Waals surface area contributed by atoms with Gasteiger partial charge >= 0.3 is 5.97 Å². The van der Waals surface area contributed by atoms with E-state index in [9.17, 15) is 18.4 Å². The van der Waals surface area contributed by atoms with Gasteiger partial charge in [0.1, 0.15) is 17.7 Å². The third kappa shape index (κ3) is 4.33. The minimum Gasteiger partial charge on any atom is -0.480 e. The van der Waals surface area contributed by atoms with Crippen LogP contribution in [0.4, 0.5) is 14.5 Å². The average Bonchev–Trinajstić information content (AvgIpc) is 2.48. The van der Waals surface area contributed by atoms with Crippen LogP contribution < -0.4 is 11.1 Å². The number of hydrogen-bond donors (Lipinski definition) is 3. The molecule has 0 aliphatic heterocycles. The zero-order valence-corrected chi connectivity index (χ0v) is 11.9. The number of rotatable bonds is 5. The number of benzene rings is 2. The summed E-state index contributed by atoms with van der Waals surface area (Å²) in [6, 6.07) is 7.98. The third-order valence-electron chi connectivity index (χ3n) is 3.16. The van der Waals surface area contributed by atoms with Crippen LogP contribution in [0.15, 0.2) is 42.5 Å². The zero-order valence-electron chi connectivity index (χ0n) is 11.9. The summed E-state index contributed by atoms with van der Waals surface area (Å²) in [4.78, 5) is 22.6. The van der Waals surface area contributed by atoms with Crippen LogP contribution in [0.5, 0.6) is 0 Å². The molecule has 0 unspecified atom stereocenters. The number of nitrogens with two attached hydrogens (primary N) is 1. The first-order valence-corrected chi connectivity index (χ1v) is 6.70. The Bertz CT molecular complexity index is 733. The van der Waals surface area contributed by atoms with E-state index in [2.05, 4.69) is 5.32 Å². The van der Waals surface area contributed by atoms with Gasteiger partial charge in [-0.05, 0) is 36.2 Å². The first-order valence-electron chi connectivity index (χ1n) is 6.70. The zero-order chi connectivity index (χ0) is 17.0. The van der Waals surface area contributed by atoms with Crippen molar-refractivity contribution in [3.63, 3.8) is 0 Å². The molecule has 0 spiro atoms. The monoisotopic (exact) mass is 320 g/mol. The summed E-state index contributed by atoms with van der Waals surface area (Å²) in [5.74, 6) is -3.53. The van der Waals surface area contributed by atoms with Crippen LogP contribution in [0.2, 0.25) is 0 Å². The molecule has 0 bridgehead atoms. The molecule has 7 heteroatoms. The minimum absolute atomic E-state index is 0.149. The van der Waals surface area contributed by atoms with Gasteiger partial charge in [-0.25, -0.2) is 8.78 Å². The highest BCUT2D eigenvalue weighted by atomic mass is 19.1. The first-order chi connectivity index (χ1) is 10.9. The van der Waals surface area contributed by atoms with Crippen molar-refractivity contribution in [3.8, 4) is 0 Å². The van der Waals surface area contributed by atoms with Gasteiger partial charge in [0.2, 0.25) is 0 Å². The van der Waals surface area contributed by atoms with Gasteiger partial charge in [0.05, 0.1) is 5.56 Å². The molecule has 0 radical (unpaired) electrons. The normalized spacial score (nSPS) is 11.8. The van der Waals surface area contributed by atoms with Crippen LogP contribution in [0, 0.1) is 11.6 Å². The largest absolute Gasteiger partial charge is 0.480 e. The molecule has 1 amide bonds. The molecule has 0 heterocycles. The number of carbonyl (C=O) groups excluding carboxylic acids is 1. The highest BCUT2D eigenvalue weighted by Gasteiger charge is 2.14. The van der Waals surface area contributed by atoms with E-state index < -0.39 is 29.6 Å². The smallest absolute Gasteiger partial charge is 0.320 e. The van der Waals surface area contributed by atoms with Gasteiger partial charge in [0.15, 0.2) is 0 Å². The van der Waals surface area contributed by atoms with E-state index in [1.165, 1.54) is 0 Å². The van der Waals surface area contributed by atoms with Crippen molar-refractivity contribution in [1.29, 1.82) is 0 Å². The minimum atomic E-state index is -1.10. The molecule has 0 aliphatic carbocycles. The molecule has 0 saturated heterocycles. The van der Waals surface area contributed by atoms with E-state index in [0.717, 1.165) is 12.1 Å². The second-order valence-corrected chi connectivity index (χ2v) is 4.92. The number of carboxylic acids is 1. The molecule has 120 valence electrons. The Morgan fingerprint density at radius 2 is 1.78 bits per heavy atom. The summed E-state index contributed by atoms with van der Waals surface area (Å²) in [6.07, 6.45) is 0.149. The SMILES string of the molecule is N[C@@H](Cc1ccc(NC(=O)c2ccc(F)cc2F)cc1)C(=O)O. The number of aliphatic carboxylic acids is 1. The fraction of sp³-hybridized carbons (Fsp3) is 0.125. The highest BCUT2D eigenvalue weighted by molar-refractivity contribution is 6.04. The number of carbonyl (C=O) groups is 2. The third-order valence-corrected chi connectivity index (χ3v) is 3.16. The van der Waals surface area contributed by atoms with Crippen LogP contribution in [0.1, 0.15) is 15.9 Å². The Balaban J connectivity index is 2.05. The molecule has 2 aromatic carbocycles. The van der Waals surface area contributed by atoms with E-state index in [-0.39, 0.29) is 12.0 Å². The Morgan fingerprint density at radius 1 is 1.13 bits per heavy atom. The Hall–Kier alpha value is -2.80. The Kier molecular flexibility index (Phi) is 5.02. The fourth-order valence-corrected chi connectivity index (χ4v) is 1.94. The van der Waals surface area contributed by atoms with Crippen molar-refractivity contribution in [2.24, 2.45) is 5.73 Å². The maximum atomic E-state index is 13.5. The molecule has 1 atom stereocenters. The van der Waals surface area contributed by atoms with Crippen molar-refractivity contribution in [2.75, 3.05) is 5.32 Å². The molecule has 0 aromatic heterocycles. The number of nitrogens with one attached hydrogen (secondary N) is 1. The standard InChI is InChI=1S/C16H14F2N2O3/c17-10-3-6-12(13(18)8-10)15(21)20-11-4-1-9(2-5-11)7-14(19)16(22)23/h1-6,8,14H,7,19H2,(H,20,21)(H,22,23)/t14-/m0/s1. The molecule has 0 aliphatic rings. The van der Waals surface area contributed by atoms with Gasteiger partial charge in [-0.3, -0.25) is 9.59 Å². The van der Waals surface area contributed by atoms with Crippen LogP contribution in [-0.2, 0) is 11.2 Å². The lowest BCUT2D eigenvalue weighted by Gasteiger charge is -2.09. The second-order valence-electron chi connectivity index (χ2n) is 4.92. The van der Waals surface area contributed by atoms with Gasteiger partial charge in [-0.1, -0.05) is 12.1 Å². The molecule has 5 nitrogen and oxygen atoms in total. The number of anilines is 1. The van der Waals surface area contributed by atoms with E-state index in [1.54, 1.807) is 24.3 Å². The van der Waals surface area contributed by atoms with Crippen molar-refractivity contribution >= 4 is 17.6 Å². The van der Waals surface area contributed by atoms with E-state index in [0.29, 0.717) is 17.3 Å². The molecule has 4 N–H and O–H groups in total. The van der Waals surface area contributed by atoms with Gasteiger partial charge in [0.25, 0.3) is 5.91 Å². The number of amides is 1. The lowest BCUT2D eigenvalue weighted by molar-refractivity contribution is -0.138. The van der Waals surface area contributed by atoms with Crippen molar-refractivity contribution < 1.29 is 23.5 Å². The van der Waals surface area contributed by atoms with Crippen molar-refractivity contribution in [1.82, 2.24) is 0 Å². The summed E-state index contributed by atoms with van der Waals surface area (Å²) >= 11 is 0. The van der Waals surface area contributed by atoms with Crippen LogP contribution in [0.25, 0.3) is 0 Å². The summed E-state index contributed by atoms with van der Waals surface area (Å²) in [5.41, 5.74) is 6.24. The number of halogens is 2. The molecule has 23 heavy (non-hydrogen) atoms. The van der Waals surface area contributed by atoms with Crippen molar-refractivity contribution in [2.45, 2.75) is 12.5 Å². The van der Waals surface area contributed by atoms with Crippen LogP contribution >= 0.6 is 0 Å². The number of carboxylic acid groups (broad SMARTS) is 1. The summed E-state index contributed by atoms with van der Waals surface area (Å²) in [7, 11) is 0. The van der Waals surface area contributed by atoms with Gasteiger partial charge in [0, 0.05) is 11.8 Å². The van der Waals surface area contributed by atoms with Gasteiger partial charge in [-0.2, -0.15) is 0 Å². The predicted molar refractivity (Wildman–Crippen MR) is 80.1 cm³/mol. The second kappa shape index (κ2) is 6.97. The lowest BCUT2D eigenvalue weighted by Crippen LogP contribution is -2.32. The van der Waals surface area contributed by atoms with Gasteiger partial charge in [-0.15, -0.1) is 0 Å². The molecule has 2 aromatic rings. The quantitative estimate of drug-likeness (QED) is 0.787. The highest BCUT2D eigenvalue weighted by Crippen LogP contribution is 2.15. The Labute approximate surface area is 130 Å². The predicted octanol–water partition coefficient (Wildman–Crippen LogP) is 2.17. The van der Waals surface area contributed by atoms with E-state index >= 15 is 0 Å². The van der Waals surface area contributed by atoms with Crippen molar-refractivity contribution in [3.05, 3.63) is 65.2 Å². The summed E-state index contributed by atoms with van der Waals surface area (Å²) in [5, 5.41) is 11.2. The topological polar surface area (TPSA) is 92.4 Å². The van der Waals surface area contributed by atoms with E-state index in [1.807, 2.05) is 0 Å². The number of hydrogen-bond acceptors (Lipinski definition) is 3. The first kappa shape index (κ1) is 16.6. The summed E-state index contributed by atoms with van der Waals surface area (Å²) in [6.45, 7) is 0. The van der Waals surface area contributed by atoms with Crippen LogP contribution in [-0.4, -0.2) is 23.0 Å². The molecular weight excluding hydrogens is 306 g/mol. The molecular formula is C16H14F2N2O3. The average molecular weight is 320 g/mol.